The SMILES string of the molecule is Cc1cc(Br)c(Br)c(N(c2ccc(Cl)cc2)c2ccc(C(C)(C)C)cc2)c1. The van der Waals surface area contributed by atoms with Gasteiger partial charge in [-0.2, -0.15) is 0 Å². The molecule has 3 rings (SSSR count). The van der Waals surface area contributed by atoms with Gasteiger partial charge >= 0.3 is 0 Å². The zero-order chi connectivity index (χ0) is 19.8. The fourth-order valence-corrected chi connectivity index (χ4v) is 4.09. The maximum Gasteiger partial charge on any atom is 0.0617 e. The third-order valence-corrected chi connectivity index (χ3v) is 6.71. The van der Waals surface area contributed by atoms with Crippen molar-refractivity contribution in [2.75, 3.05) is 4.90 Å². The summed E-state index contributed by atoms with van der Waals surface area (Å²) in [5, 5.41) is 0.728. The van der Waals surface area contributed by atoms with Gasteiger partial charge in [-0.3, -0.25) is 0 Å². The van der Waals surface area contributed by atoms with Crippen LogP contribution in [0.25, 0.3) is 0 Å². The Morgan fingerprint density at radius 3 is 1.85 bits per heavy atom. The molecule has 0 aliphatic rings. The van der Waals surface area contributed by atoms with E-state index in [1.165, 1.54) is 11.1 Å². The summed E-state index contributed by atoms with van der Waals surface area (Å²) in [5.74, 6) is 0. The summed E-state index contributed by atoms with van der Waals surface area (Å²) in [6.45, 7) is 8.79. The number of anilines is 3. The molecule has 0 atom stereocenters. The molecule has 0 saturated carbocycles. The first-order valence-corrected chi connectivity index (χ1v) is 10.7. The molecule has 0 bridgehead atoms. The van der Waals surface area contributed by atoms with Gasteiger partial charge < -0.3 is 4.90 Å². The van der Waals surface area contributed by atoms with Crippen LogP contribution in [0.15, 0.2) is 69.6 Å². The Balaban J connectivity index is 2.18. The van der Waals surface area contributed by atoms with Crippen LogP contribution in [0.5, 0.6) is 0 Å². The molecule has 0 amide bonds. The number of halogens is 3. The first-order chi connectivity index (χ1) is 12.7. The molecule has 3 aromatic carbocycles. The van der Waals surface area contributed by atoms with Gasteiger partial charge in [0.15, 0.2) is 0 Å². The van der Waals surface area contributed by atoms with E-state index in [4.69, 9.17) is 11.6 Å². The van der Waals surface area contributed by atoms with Crippen molar-refractivity contribution in [1.29, 1.82) is 0 Å². The van der Waals surface area contributed by atoms with Gasteiger partial charge in [0.2, 0.25) is 0 Å². The smallest absolute Gasteiger partial charge is 0.0617 e. The van der Waals surface area contributed by atoms with E-state index in [0.29, 0.717) is 0 Å². The quantitative estimate of drug-likeness (QED) is 0.342. The van der Waals surface area contributed by atoms with Gasteiger partial charge in [0.25, 0.3) is 0 Å². The first kappa shape index (κ1) is 20.4. The molecule has 0 aliphatic heterocycles. The molecule has 0 aromatic heterocycles. The lowest BCUT2D eigenvalue weighted by Gasteiger charge is -2.28. The maximum atomic E-state index is 6.13. The van der Waals surface area contributed by atoms with Crippen LogP contribution in [-0.2, 0) is 5.41 Å². The van der Waals surface area contributed by atoms with Crippen molar-refractivity contribution >= 4 is 60.5 Å². The zero-order valence-corrected chi connectivity index (χ0v) is 19.8. The molecule has 0 N–H and O–H groups in total. The second-order valence-corrected chi connectivity index (χ2v) is 9.77. The Hall–Kier alpha value is -1.29. The van der Waals surface area contributed by atoms with E-state index in [-0.39, 0.29) is 5.41 Å². The monoisotopic (exact) mass is 505 g/mol. The minimum absolute atomic E-state index is 0.122. The summed E-state index contributed by atoms with van der Waals surface area (Å²) >= 11 is 13.5. The Morgan fingerprint density at radius 1 is 0.815 bits per heavy atom. The highest BCUT2D eigenvalue weighted by Crippen LogP contribution is 2.43. The Labute approximate surface area is 183 Å². The number of rotatable bonds is 3. The van der Waals surface area contributed by atoms with Crippen LogP contribution < -0.4 is 4.90 Å². The summed E-state index contributed by atoms with van der Waals surface area (Å²) in [4.78, 5) is 2.24. The molecule has 3 aromatic rings. The largest absolute Gasteiger partial charge is 0.309 e. The molecule has 0 radical (unpaired) electrons. The minimum Gasteiger partial charge on any atom is -0.309 e. The van der Waals surface area contributed by atoms with Gasteiger partial charge in [0, 0.05) is 20.9 Å². The van der Waals surface area contributed by atoms with E-state index in [9.17, 15) is 0 Å². The second kappa shape index (κ2) is 7.98. The highest BCUT2D eigenvalue weighted by atomic mass is 79.9. The molecule has 0 aliphatic carbocycles. The van der Waals surface area contributed by atoms with Gasteiger partial charge in [-0.1, -0.05) is 44.5 Å². The summed E-state index contributed by atoms with van der Waals surface area (Å²) in [7, 11) is 0. The van der Waals surface area contributed by atoms with E-state index in [1.54, 1.807) is 0 Å². The van der Waals surface area contributed by atoms with Crippen molar-refractivity contribution in [3.8, 4) is 0 Å². The van der Waals surface area contributed by atoms with Crippen molar-refractivity contribution in [2.24, 2.45) is 0 Å². The van der Waals surface area contributed by atoms with Gasteiger partial charge in [-0.15, -0.1) is 0 Å². The number of nitrogens with zero attached hydrogens (tertiary/aromatic N) is 1. The van der Waals surface area contributed by atoms with E-state index in [0.717, 1.165) is 31.0 Å². The molecule has 0 unspecified atom stereocenters. The van der Waals surface area contributed by atoms with Crippen molar-refractivity contribution in [2.45, 2.75) is 33.1 Å². The van der Waals surface area contributed by atoms with Gasteiger partial charge in [0.05, 0.1) is 10.2 Å². The molecule has 0 spiro atoms. The Morgan fingerprint density at radius 2 is 1.33 bits per heavy atom. The molecule has 0 saturated heterocycles. The number of hydrogen-bond donors (Lipinski definition) is 0. The fraction of sp³-hybridized carbons (Fsp3) is 0.217. The summed E-state index contributed by atoms with van der Waals surface area (Å²) < 4.78 is 2.05. The second-order valence-electron chi connectivity index (χ2n) is 7.69. The lowest BCUT2D eigenvalue weighted by Crippen LogP contribution is -2.13. The van der Waals surface area contributed by atoms with Crippen molar-refractivity contribution in [1.82, 2.24) is 0 Å². The zero-order valence-electron chi connectivity index (χ0n) is 15.9. The van der Waals surface area contributed by atoms with Crippen molar-refractivity contribution in [3.63, 3.8) is 0 Å². The average Bonchev–Trinajstić information content (AvgIpc) is 2.60. The molecule has 27 heavy (non-hydrogen) atoms. The lowest BCUT2D eigenvalue weighted by atomic mass is 9.87. The normalized spacial score (nSPS) is 11.5. The topological polar surface area (TPSA) is 3.24 Å². The lowest BCUT2D eigenvalue weighted by molar-refractivity contribution is 0.590. The predicted octanol–water partition coefficient (Wildman–Crippen LogP) is 8.94. The highest BCUT2D eigenvalue weighted by molar-refractivity contribution is 9.13. The van der Waals surface area contributed by atoms with Gasteiger partial charge in [-0.05, 0) is 104 Å². The van der Waals surface area contributed by atoms with Gasteiger partial charge in [-0.25, -0.2) is 0 Å². The average molecular weight is 508 g/mol. The number of benzene rings is 3. The fourth-order valence-electron chi connectivity index (χ4n) is 3.00. The van der Waals surface area contributed by atoms with Crippen LogP contribution in [0, 0.1) is 6.92 Å². The summed E-state index contributed by atoms with van der Waals surface area (Å²) in [6, 6.07) is 21.0. The molecule has 0 fully saturated rings. The minimum atomic E-state index is 0.122. The van der Waals surface area contributed by atoms with Crippen LogP contribution in [-0.4, -0.2) is 0 Å². The molecule has 0 heterocycles. The third kappa shape index (κ3) is 4.59. The van der Waals surface area contributed by atoms with Crippen LogP contribution in [0.2, 0.25) is 5.02 Å². The maximum absolute atomic E-state index is 6.13. The van der Waals surface area contributed by atoms with E-state index in [1.807, 2.05) is 24.3 Å². The number of aryl methyl sites for hydroxylation is 1. The highest BCUT2D eigenvalue weighted by Gasteiger charge is 2.19. The molecular weight excluding hydrogens is 486 g/mol. The molecule has 4 heteroatoms. The van der Waals surface area contributed by atoms with E-state index >= 15 is 0 Å². The van der Waals surface area contributed by atoms with Crippen LogP contribution in [0.3, 0.4) is 0 Å². The van der Waals surface area contributed by atoms with Crippen LogP contribution in [0.1, 0.15) is 31.9 Å². The molecule has 1 nitrogen and oxygen atoms in total. The van der Waals surface area contributed by atoms with Crippen molar-refractivity contribution in [3.05, 3.63) is 85.8 Å². The first-order valence-electron chi connectivity index (χ1n) is 8.79. The Bertz CT molecular complexity index is 942. The van der Waals surface area contributed by atoms with Crippen LogP contribution in [0.4, 0.5) is 17.1 Å². The van der Waals surface area contributed by atoms with Crippen LogP contribution >= 0.6 is 43.5 Å². The van der Waals surface area contributed by atoms with Crippen molar-refractivity contribution < 1.29 is 0 Å². The summed E-state index contributed by atoms with van der Waals surface area (Å²) in [6.07, 6.45) is 0. The standard InChI is InChI=1S/C23H22Br2ClN/c1-15-13-20(24)22(25)21(14-15)27(19-11-7-17(26)8-12-19)18-9-5-16(6-10-18)23(2,3)4/h5-14H,1-4H3. The Kier molecular flexibility index (Phi) is 6.05. The predicted molar refractivity (Wildman–Crippen MR) is 125 cm³/mol. The van der Waals surface area contributed by atoms with E-state index in [2.05, 4.69) is 101 Å². The molecule has 140 valence electrons. The number of hydrogen-bond acceptors (Lipinski definition) is 1. The third-order valence-electron chi connectivity index (χ3n) is 4.47. The van der Waals surface area contributed by atoms with E-state index < -0.39 is 0 Å². The van der Waals surface area contributed by atoms with Gasteiger partial charge in [0.1, 0.15) is 0 Å². The summed E-state index contributed by atoms with van der Waals surface area (Å²) in [5.41, 5.74) is 5.85. The molecular formula is C23H22Br2ClN.